The molecule has 0 saturated carbocycles. The number of para-hydroxylation sites is 1. The summed E-state index contributed by atoms with van der Waals surface area (Å²) in [4.78, 5) is 29.6. The van der Waals surface area contributed by atoms with Crippen LogP contribution >= 0.6 is 24.0 Å². The van der Waals surface area contributed by atoms with Gasteiger partial charge in [0.1, 0.15) is 0 Å². The van der Waals surface area contributed by atoms with Gasteiger partial charge in [0.25, 0.3) is 0 Å². The molecule has 2 aliphatic rings. The van der Waals surface area contributed by atoms with Crippen LogP contribution in [0.5, 0.6) is 0 Å². The van der Waals surface area contributed by atoms with E-state index in [1.807, 2.05) is 47.4 Å². The summed E-state index contributed by atoms with van der Waals surface area (Å²) in [5, 5.41) is 3.88. The summed E-state index contributed by atoms with van der Waals surface area (Å²) in [7, 11) is 0. The first-order chi connectivity index (χ1) is 13.6. The number of anilines is 1. The molecule has 1 saturated heterocycles. The maximum absolute atomic E-state index is 13.0. The second-order valence-corrected chi connectivity index (χ2v) is 7.75. The number of halogens is 2. The number of rotatable bonds is 4. The molecule has 2 aliphatic heterocycles. The molecule has 2 aromatic carbocycles. The van der Waals surface area contributed by atoms with E-state index in [4.69, 9.17) is 11.6 Å². The molecule has 2 heterocycles. The van der Waals surface area contributed by atoms with Crippen molar-refractivity contribution in [2.45, 2.75) is 31.8 Å². The van der Waals surface area contributed by atoms with Crippen LogP contribution < -0.4 is 10.2 Å². The summed E-state index contributed by atoms with van der Waals surface area (Å²) in [5.41, 5.74) is 3.11. The maximum Gasteiger partial charge on any atom is 0.240 e. The molecule has 5 nitrogen and oxygen atoms in total. The molecule has 0 bridgehead atoms. The number of piperazine rings is 1. The first-order valence-corrected chi connectivity index (χ1v) is 10.1. The number of amides is 2. The van der Waals surface area contributed by atoms with Crippen molar-refractivity contribution in [2.75, 3.05) is 24.5 Å². The van der Waals surface area contributed by atoms with Crippen molar-refractivity contribution in [1.82, 2.24) is 10.2 Å². The standard InChI is InChI=1S/C22H24ClN3O2.ClH/c23-18-9-3-1-7-17(18)15-25-13-11-24-19(22(25)28)14-21(27)26-12-5-8-16-6-2-4-10-20(16)26;/h1-4,6-7,9-10,19,24H,5,8,11-15H2;1H. The number of aryl methyl sites for hydroxylation is 1. The molecule has 0 aromatic heterocycles. The van der Waals surface area contributed by atoms with E-state index in [9.17, 15) is 9.59 Å². The third-order valence-electron chi connectivity index (χ3n) is 5.49. The lowest BCUT2D eigenvalue weighted by Gasteiger charge is -2.35. The lowest BCUT2D eigenvalue weighted by atomic mass is 10.0. The minimum atomic E-state index is -0.488. The lowest BCUT2D eigenvalue weighted by molar-refractivity contribution is -0.138. The number of hydrogen-bond donors (Lipinski definition) is 1. The smallest absolute Gasteiger partial charge is 0.240 e. The van der Waals surface area contributed by atoms with Crippen molar-refractivity contribution in [2.24, 2.45) is 0 Å². The first-order valence-electron chi connectivity index (χ1n) is 9.77. The Hall–Kier alpha value is -2.08. The molecule has 154 valence electrons. The number of nitrogens with one attached hydrogen (secondary N) is 1. The Labute approximate surface area is 182 Å². The molecule has 2 amide bonds. The van der Waals surface area contributed by atoms with Gasteiger partial charge < -0.3 is 15.1 Å². The Balaban J connectivity index is 0.00000240. The number of carbonyl (C=O) groups is 2. The highest BCUT2D eigenvalue weighted by molar-refractivity contribution is 6.31. The average molecular weight is 434 g/mol. The highest BCUT2D eigenvalue weighted by Gasteiger charge is 2.32. The van der Waals surface area contributed by atoms with Gasteiger partial charge in [-0.2, -0.15) is 0 Å². The molecule has 1 atom stereocenters. The molecule has 0 radical (unpaired) electrons. The number of carbonyl (C=O) groups excluding carboxylic acids is 2. The van der Waals surface area contributed by atoms with Crippen LogP contribution in [-0.2, 0) is 22.6 Å². The number of benzene rings is 2. The topological polar surface area (TPSA) is 52.7 Å². The summed E-state index contributed by atoms with van der Waals surface area (Å²) in [6.07, 6.45) is 2.12. The van der Waals surface area contributed by atoms with Gasteiger partial charge in [0, 0.05) is 36.9 Å². The molecule has 29 heavy (non-hydrogen) atoms. The summed E-state index contributed by atoms with van der Waals surface area (Å²) in [6, 6.07) is 15.1. The Morgan fingerprint density at radius 3 is 2.69 bits per heavy atom. The largest absolute Gasteiger partial charge is 0.336 e. The van der Waals surface area contributed by atoms with Gasteiger partial charge in [-0.05, 0) is 36.1 Å². The Kier molecular flexibility index (Phi) is 7.17. The van der Waals surface area contributed by atoms with Crippen LogP contribution in [0.1, 0.15) is 24.0 Å². The van der Waals surface area contributed by atoms with Gasteiger partial charge >= 0.3 is 0 Å². The van der Waals surface area contributed by atoms with Crippen LogP contribution in [0.3, 0.4) is 0 Å². The van der Waals surface area contributed by atoms with E-state index in [2.05, 4.69) is 11.4 Å². The average Bonchev–Trinajstić information content (AvgIpc) is 2.72. The third-order valence-corrected chi connectivity index (χ3v) is 5.86. The molecular formula is C22H25Cl2N3O2. The van der Waals surface area contributed by atoms with E-state index >= 15 is 0 Å². The zero-order chi connectivity index (χ0) is 19.5. The van der Waals surface area contributed by atoms with Gasteiger partial charge in [-0.3, -0.25) is 9.59 Å². The molecule has 0 spiro atoms. The first kappa shape index (κ1) is 21.6. The predicted molar refractivity (Wildman–Crippen MR) is 118 cm³/mol. The Morgan fingerprint density at radius 1 is 1.10 bits per heavy atom. The molecule has 0 aliphatic carbocycles. The predicted octanol–water partition coefficient (Wildman–Crippen LogP) is 3.43. The van der Waals surface area contributed by atoms with Crippen molar-refractivity contribution in [3.05, 3.63) is 64.7 Å². The van der Waals surface area contributed by atoms with Crippen molar-refractivity contribution >= 4 is 41.5 Å². The fourth-order valence-electron chi connectivity index (χ4n) is 4.02. The summed E-state index contributed by atoms with van der Waals surface area (Å²) in [6.45, 7) is 2.46. The van der Waals surface area contributed by atoms with E-state index in [-0.39, 0.29) is 30.6 Å². The summed E-state index contributed by atoms with van der Waals surface area (Å²) in [5.74, 6) is -0.0394. The third kappa shape index (κ3) is 4.74. The minimum absolute atomic E-state index is 0. The van der Waals surface area contributed by atoms with Crippen LogP contribution in [-0.4, -0.2) is 42.4 Å². The van der Waals surface area contributed by atoms with E-state index in [1.165, 1.54) is 5.56 Å². The second kappa shape index (κ2) is 9.61. The van der Waals surface area contributed by atoms with Crippen LogP contribution in [0, 0.1) is 0 Å². The van der Waals surface area contributed by atoms with Gasteiger partial charge in [-0.25, -0.2) is 0 Å². The van der Waals surface area contributed by atoms with Crippen molar-refractivity contribution in [3.8, 4) is 0 Å². The van der Waals surface area contributed by atoms with Crippen molar-refractivity contribution in [3.63, 3.8) is 0 Å². The van der Waals surface area contributed by atoms with E-state index in [1.54, 1.807) is 4.90 Å². The Morgan fingerprint density at radius 2 is 1.86 bits per heavy atom. The van der Waals surface area contributed by atoms with Crippen LogP contribution in [0.4, 0.5) is 5.69 Å². The van der Waals surface area contributed by atoms with Gasteiger partial charge in [0.05, 0.1) is 12.5 Å². The highest BCUT2D eigenvalue weighted by atomic mass is 35.5. The fourth-order valence-corrected chi connectivity index (χ4v) is 4.21. The number of nitrogens with zero attached hydrogens (tertiary/aromatic N) is 2. The van der Waals surface area contributed by atoms with E-state index in [0.717, 1.165) is 24.1 Å². The quantitative estimate of drug-likeness (QED) is 0.803. The molecule has 7 heteroatoms. The number of fused-ring (bicyclic) bond motifs is 1. The van der Waals surface area contributed by atoms with Gasteiger partial charge in [0.2, 0.25) is 11.8 Å². The van der Waals surface area contributed by atoms with Crippen molar-refractivity contribution in [1.29, 1.82) is 0 Å². The summed E-state index contributed by atoms with van der Waals surface area (Å²) >= 11 is 6.25. The van der Waals surface area contributed by atoms with Crippen molar-refractivity contribution < 1.29 is 9.59 Å². The zero-order valence-electron chi connectivity index (χ0n) is 16.1. The molecule has 2 aromatic rings. The Bertz CT molecular complexity index is 890. The van der Waals surface area contributed by atoms with Crippen LogP contribution in [0.2, 0.25) is 5.02 Å². The van der Waals surface area contributed by atoms with Crippen LogP contribution in [0.25, 0.3) is 0 Å². The van der Waals surface area contributed by atoms with Gasteiger partial charge in [0.15, 0.2) is 0 Å². The molecule has 1 fully saturated rings. The molecule has 4 rings (SSSR count). The van der Waals surface area contributed by atoms with E-state index < -0.39 is 6.04 Å². The molecule has 1 N–H and O–H groups in total. The second-order valence-electron chi connectivity index (χ2n) is 7.34. The lowest BCUT2D eigenvalue weighted by Crippen LogP contribution is -2.56. The fraction of sp³-hybridized carbons (Fsp3) is 0.364. The monoisotopic (exact) mass is 433 g/mol. The van der Waals surface area contributed by atoms with E-state index in [0.29, 0.717) is 31.2 Å². The zero-order valence-corrected chi connectivity index (χ0v) is 17.7. The molecular weight excluding hydrogens is 409 g/mol. The summed E-state index contributed by atoms with van der Waals surface area (Å²) < 4.78 is 0. The van der Waals surface area contributed by atoms with Crippen LogP contribution in [0.15, 0.2) is 48.5 Å². The normalized spacial score (nSPS) is 18.8. The van der Waals surface area contributed by atoms with Gasteiger partial charge in [-0.1, -0.05) is 48.0 Å². The molecule has 1 unspecified atom stereocenters. The SMILES string of the molecule is Cl.O=C1C(CC(=O)N2CCCc3ccccc32)NCCN1Cc1ccccc1Cl. The minimum Gasteiger partial charge on any atom is -0.336 e. The maximum atomic E-state index is 13.0. The highest BCUT2D eigenvalue weighted by Crippen LogP contribution is 2.27. The number of hydrogen-bond acceptors (Lipinski definition) is 3. The van der Waals surface area contributed by atoms with Gasteiger partial charge in [-0.15, -0.1) is 12.4 Å².